The van der Waals surface area contributed by atoms with E-state index >= 15 is 0 Å². The molecule has 0 aromatic carbocycles. The molecule has 0 unspecified atom stereocenters. The van der Waals surface area contributed by atoms with E-state index in [0.717, 1.165) is 0 Å². The monoisotopic (exact) mass is 257 g/mol. The Kier molecular flexibility index (Phi) is 4.19. The Labute approximate surface area is 106 Å². The normalized spacial score (nSPS) is 25.8. The summed E-state index contributed by atoms with van der Waals surface area (Å²) in [6.45, 7) is 3.14. The van der Waals surface area contributed by atoms with E-state index in [4.69, 9.17) is 14.6 Å². The van der Waals surface area contributed by atoms with Crippen molar-refractivity contribution >= 4 is 11.9 Å². The Hall–Kier alpha value is -1.14. The third-order valence-corrected chi connectivity index (χ3v) is 3.28. The maximum atomic E-state index is 12.1. The molecule has 0 bridgehead atoms. The lowest BCUT2D eigenvalue weighted by molar-refractivity contribution is -0.163. The van der Waals surface area contributed by atoms with Crippen molar-refractivity contribution in [2.75, 3.05) is 26.3 Å². The Morgan fingerprint density at radius 3 is 2.83 bits per heavy atom. The van der Waals surface area contributed by atoms with E-state index in [1.165, 1.54) is 17.7 Å². The largest absolute Gasteiger partial charge is 0.479 e. The number of carbonyl (C=O) groups is 2. The van der Waals surface area contributed by atoms with Crippen LogP contribution in [0.25, 0.3) is 0 Å². The van der Waals surface area contributed by atoms with Crippen molar-refractivity contribution in [2.24, 2.45) is 5.92 Å². The molecule has 1 amide bonds. The predicted octanol–water partition coefficient (Wildman–Crippen LogP) is 0.114. The second kappa shape index (κ2) is 5.67. The number of nitrogens with zero attached hydrogens (tertiary/aromatic N) is 1. The predicted molar refractivity (Wildman–Crippen MR) is 62.1 cm³/mol. The maximum absolute atomic E-state index is 12.1. The zero-order chi connectivity index (χ0) is 13.1. The van der Waals surface area contributed by atoms with Crippen LogP contribution in [0.5, 0.6) is 0 Å². The van der Waals surface area contributed by atoms with E-state index in [9.17, 15) is 9.59 Å². The van der Waals surface area contributed by atoms with Gasteiger partial charge in [0, 0.05) is 6.54 Å². The average Bonchev–Trinajstić information content (AvgIpc) is 3.19. The average molecular weight is 257 g/mol. The number of morpholine rings is 1. The van der Waals surface area contributed by atoms with E-state index in [-0.39, 0.29) is 19.1 Å². The van der Waals surface area contributed by atoms with Crippen molar-refractivity contribution in [2.45, 2.75) is 32.0 Å². The van der Waals surface area contributed by atoms with Crippen molar-refractivity contribution < 1.29 is 24.2 Å². The molecule has 18 heavy (non-hydrogen) atoms. The first-order chi connectivity index (χ1) is 8.58. The quantitative estimate of drug-likeness (QED) is 0.756. The molecule has 0 aromatic heterocycles. The minimum atomic E-state index is -1.03. The Morgan fingerprint density at radius 2 is 2.22 bits per heavy atom. The van der Waals surface area contributed by atoms with Crippen LogP contribution in [0.2, 0.25) is 0 Å². The summed E-state index contributed by atoms with van der Waals surface area (Å²) in [4.78, 5) is 24.4. The molecule has 2 atom stereocenters. The summed E-state index contributed by atoms with van der Waals surface area (Å²) in [5.74, 6) is -0.569. The van der Waals surface area contributed by atoms with E-state index in [0.29, 0.717) is 19.1 Å². The number of ether oxygens (including phenoxy) is 2. The molecule has 0 spiro atoms. The van der Waals surface area contributed by atoms with Crippen LogP contribution in [0.3, 0.4) is 0 Å². The summed E-state index contributed by atoms with van der Waals surface area (Å²) in [6.07, 6.45) is 0.940. The molecule has 0 aromatic rings. The summed E-state index contributed by atoms with van der Waals surface area (Å²) >= 11 is 0. The van der Waals surface area contributed by atoms with Gasteiger partial charge in [0.2, 0.25) is 0 Å². The summed E-state index contributed by atoms with van der Waals surface area (Å²) in [5.41, 5.74) is 0. The topological polar surface area (TPSA) is 76.1 Å². The molecule has 6 heteroatoms. The molecule has 1 N–H and O–H groups in total. The van der Waals surface area contributed by atoms with Crippen LogP contribution in [0.1, 0.15) is 19.8 Å². The standard InChI is InChI=1S/C12H19NO5/c1-8(18-7-9-2-3-9)11(14)13-4-5-17-10(6-13)12(15)16/h8-10H,2-7H2,1H3,(H,15,16)/t8-,10+/m0/s1. The first kappa shape index (κ1) is 13.3. The summed E-state index contributed by atoms with van der Waals surface area (Å²) in [5, 5.41) is 8.87. The SMILES string of the molecule is C[C@H](OCC1CC1)C(=O)N1CCO[C@@H](C(=O)O)C1. The van der Waals surface area contributed by atoms with Gasteiger partial charge in [-0.25, -0.2) is 4.79 Å². The van der Waals surface area contributed by atoms with Crippen LogP contribution in [-0.2, 0) is 19.1 Å². The fourth-order valence-electron chi connectivity index (χ4n) is 1.89. The van der Waals surface area contributed by atoms with Gasteiger partial charge in [-0.3, -0.25) is 4.79 Å². The van der Waals surface area contributed by atoms with Crippen LogP contribution < -0.4 is 0 Å². The lowest BCUT2D eigenvalue weighted by atomic mass is 10.2. The lowest BCUT2D eigenvalue weighted by Gasteiger charge is -2.32. The third-order valence-electron chi connectivity index (χ3n) is 3.28. The molecule has 0 radical (unpaired) electrons. The first-order valence-electron chi connectivity index (χ1n) is 6.32. The van der Waals surface area contributed by atoms with Crippen LogP contribution >= 0.6 is 0 Å². The molecule has 1 aliphatic carbocycles. The second-order valence-electron chi connectivity index (χ2n) is 4.90. The summed E-state index contributed by atoms with van der Waals surface area (Å²) in [6, 6.07) is 0. The van der Waals surface area contributed by atoms with E-state index in [1.54, 1.807) is 6.92 Å². The van der Waals surface area contributed by atoms with Crippen molar-refractivity contribution in [3.63, 3.8) is 0 Å². The molecule has 2 rings (SSSR count). The first-order valence-corrected chi connectivity index (χ1v) is 6.32. The minimum Gasteiger partial charge on any atom is -0.479 e. The van der Waals surface area contributed by atoms with Gasteiger partial charge in [0.15, 0.2) is 6.10 Å². The van der Waals surface area contributed by atoms with E-state index < -0.39 is 18.2 Å². The Morgan fingerprint density at radius 1 is 1.50 bits per heavy atom. The zero-order valence-electron chi connectivity index (χ0n) is 10.5. The lowest BCUT2D eigenvalue weighted by Crippen LogP contribution is -2.51. The van der Waals surface area contributed by atoms with E-state index in [2.05, 4.69) is 0 Å². The van der Waals surface area contributed by atoms with Gasteiger partial charge in [-0.1, -0.05) is 0 Å². The highest BCUT2D eigenvalue weighted by molar-refractivity contribution is 5.82. The highest BCUT2D eigenvalue weighted by Gasteiger charge is 2.32. The molecule has 102 valence electrons. The zero-order valence-corrected chi connectivity index (χ0v) is 10.5. The van der Waals surface area contributed by atoms with Gasteiger partial charge in [-0.2, -0.15) is 0 Å². The number of hydrogen-bond donors (Lipinski definition) is 1. The van der Waals surface area contributed by atoms with Crippen LogP contribution in [-0.4, -0.2) is 60.4 Å². The molecule has 6 nitrogen and oxygen atoms in total. The number of carboxylic acids is 1. The Bertz CT molecular complexity index is 328. The maximum Gasteiger partial charge on any atom is 0.334 e. The van der Waals surface area contributed by atoms with Crippen molar-refractivity contribution in [3.05, 3.63) is 0 Å². The molecule has 2 fully saturated rings. The summed E-state index contributed by atoms with van der Waals surface area (Å²) < 4.78 is 10.6. The Balaban J connectivity index is 1.80. The molecular formula is C12H19NO5. The molecule has 1 heterocycles. The van der Waals surface area contributed by atoms with Gasteiger partial charge in [-0.15, -0.1) is 0 Å². The number of hydrogen-bond acceptors (Lipinski definition) is 4. The number of carboxylic acid groups (broad SMARTS) is 1. The van der Waals surface area contributed by atoms with Gasteiger partial charge >= 0.3 is 5.97 Å². The highest BCUT2D eigenvalue weighted by Crippen LogP contribution is 2.29. The van der Waals surface area contributed by atoms with Gasteiger partial charge in [0.25, 0.3) is 5.91 Å². The van der Waals surface area contributed by atoms with E-state index in [1.807, 2.05) is 0 Å². The van der Waals surface area contributed by atoms with Gasteiger partial charge in [0.1, 0.15) is 6.10 Å². The van der Waals surface area contributed by atoms with Crippen LogP contribution in [0.4, 0.5) is 0 Å². The molecular weight excluding hydrogens is 238 g/mol. The number of aliphatic carboxylic acids is 1. The van der Waals surface area contributed by atoms with Crippen molar-refractivity contribution in [3.8, 4) is 0 Å². The smallest absolute Gasteiger partial charge is 0.334 e. The molecule has 1 aliphatic heterocycles. The van der Waals surface area contributed by atoms with Gasteiger partial charge in [-0.05, 0) is 25.7 Å². The molecule has 1 saturated carbocycles. The molecule has 2 aliphatic rings. The highest BCUT2D eigenvalue weighted by atomic mass is 16.5. The minimum absolute atomic E-state index is 0.102. The number of amides is 1. The van der Waals surface area contributed by atoms with Crippen LogP contribution in [0.15, 0.2) is 0 Å². The van der Waals surface area contributed by atoms with Crippen LogP contribution in [0, 0.1) is 5.92 Å². The molecule has 1 saturated heterocycles. The number of rotatable bonds is 5. The second-order valence-corrected chi connectivity index (χ2v) is 4.90. The fourth-order valence-corrected chi connectivity index (χ4v) is 1.89. The third kappa shape index (κ3) is 3.43. The van der Waals surface area contributed by atoms with Crippen molar-refractivity contribution in [1.29, 1.82) is 0 Å². The fraction of sp³-hybridized carbons (Fsp3) is 0.833. The van der Waals surface area contributed by atoms with Crippen molar-refractivity contribution in [1.82, 2.24) is 4.90 Å². The van der Waals surface area contributed by atoms with Gasteiger partial charge in [0.05, 0.1) is 19.8 Å². The summed E-state index contributed by atoms with van der Waals surface area (Å²) in [7, 11) is 0. The number of carbonyl (C=O) groups excluding carboxylic acids is 1. The van der Waals surface area contributed by atoms with Gasteiger partial charge < -0.3 is 19.5 Å².